The van der Waals surface area contributed by atoms with Gasteiger partial charge in [0.05, 0.1) is 0 Å². The number of benzene rings is 1. The summed E-state index contributed by atoms with van der Waals surface area (Å²) >= 11 is 54.6. The molecule has 1 radical (unpaired) electrons. The summed E-state index contributed by atoms with van der Waals surface area (Å²) < 4.78 is -9.28. The molecule has 0 spiro atoms. The van der Waals surface area contributed by atoms with Crippen LogP contribution in [-0.4, -0.2) is 12.5 Å². The highest BCUT2D eigenvalue weighted by Crippen LogP contribution is 2.65. The smallest absolute Gasteiger partial charge is 0.225 e. The Labute approximate surface area is 180 Å². The highest BCUT2D eigenvalue weighted by molar-refractivity contribution is 6.80. The second-order valence-electron chi connectivity index (χ2n) is 5.28. The molecule has 131 valence electrons. The number of hydrogen-bond donors (Lipinski definition) is 0. The SMILES string of the molecule is CC(C)([O])c1ccccc1C(Cl)(Cl)C(Cl)(Cl)C(Cl)(Cl)C(Cl)(Cl)Cl. The molecule has 0 unspecified atom stereocenters. The highest BCUT2D eigenvalue weighted by Gasteiger charge is 2.69. The fraction of sp³-hybridized carbons (Fsp3) is 0.538. The van der Waals surface area contributed by atoms with Gasteiger partial charge in [-0.15, -0.1) is 0 Å². The van der Waals surface area contributed by atoms with Crippen LogP contribution in [0.1, 0.15) is 25.0 Å². The second kappa shape index (κ2) is 7.08. The predicted octanol–water partition coefficient (Wildman–Crippen LogP) is 7.70. The normalized spacial score (nSPS) is 15.0. The maximum Gasteiger partial charge on any atom is 0.226 e. The van der Waals surface area contributed by atoms with Crippen LogP contribution in [0.3, 0.4) is 0 Å². The zero-order valence-corrected chi connectivity index (χ0v) is 18.4. The van der Waals surface area contributed by atoms with Crippen LogP contribution < -0.4 is 0 Å². The molecule has 1 nitrogen and oxygen atoms in total. The van der Waals surface area contributed by atoms with E-state index in [1.54, 1.807) is 12.1 Å². The lowest BCUT2D eigenvalue weighted by Crippen LogP contribution is -2.55. The van der Waals surface area contributed by atoms with E-state index in [4.69, 9.17) is 104 Å². The van der Waals surface area contributed by atoms with E-state index in [1.807, 2.05) is 0 Å². The van der Waals surface area contributed by atoms with Gasteiger partial charge in [-0.2, -0.15) is 0 Å². The number of halogens is 9. The van der Waals surface area contributed by atoms with Crippen LogP contribution in [0, 0.1) is 0 Å². The van der Waals surface area contributed by atoms with Gasteiger partial charge in [-0.1, -0.05) is 129 Å². The van der Waals surface area contributed by atoms with Crippen LogP contribution in [0.15, 0.2) is 24.3 Å². The van der Waals surface area contributed by atoms with Crippen molar-refractivity contribution in [3.63, 3.8) is 0 Å². The molecule has 0 aliphatic heterocycles. The van der Waals surface area contributed by atoms with Crippen molar-refractivity contribution >= 4 is 104 Å². The van der Waals surface area contributed by atoms with Crippen molar-refractivity contribution in [3.8, 4) is 0 Å². The Hall–Kier alpha value is 1.79. The molecule has 0 aromatic heterocycles. The Kier molecular flexibility index (Phi) is 7.02. The molecule has 0 amide bonds. The molecule has 0 heterocycles. The minimum absolute atomic E-state index is 0.105. The quantitative estimate of drug-likeness (QED) is 0.377. The summed E-state index contributed by atoms with van der Waals surface area (Å²) in [4.78, 5) is 0. The van der Waals surface area contributed by atoms with Gasteiger partial charge in [0.1, 0.15) is 5.60 Å². The lowest BCUT2D eigenvalue weighted by Gasteiger charge is -2.45. The molecular weight excluding hydrogens is 491 g/mol. The van der Waals surface area contributed by atoms with Gasteiger partial charge in [-0.3, -0.25) is 0 Å². The standard InChI is InChI=1S/C13H10Cl9O/c1-9(2,23)7-5-3-4-6-8(7)10(14,15)11(16,17)12(18,19)13(20,21)22/h3-6H,1-2H3. The average molecular weight is 501 g/mol. The monoisotopic (exact) mass is 497 g/mol. The summed E-state index contributed by atoms with van der Waals surface area (Å²) in [5, 5.41) is 12.4. The summed E-state index contributed by atoms with van der Waals surface area (Å²) in [6.07, 6.45) is 0. The van der Waals surface area contributed by atoms with Crippen molar-refractivity contribution in [2.24, 2.45) is 0 Å². The topological polar surface area (TPSA) is 19.9 Å². The van der Waals surface area contributed by atoms with Crippen molar-refractivity contribution < 1.29 is 5.11 Å². The summed E-state index contributed by atoms with van der Waals surface area (Å²) in [5.41, 5.74) is -1.21. The van der Waals surface area contributed by atoms with Crippen LogP contribution in [0.5, 0.6) is 0 Å². The molecule has 0 aliphatic rings. The van der Waals surface area contributed by atoms with Gasteiger partial charge in [0, 0.05) is 0 Å². The van der Waals surface area contributed by atoms with Crippen molar-refractivity contribution in [1.29, 1.82) is 0 Å². The minimum atomic E-state index is -2.41. The first-order valence-corrected chi connectivity index (χ1v) is 9.38. The molecule has 0 saturated carbocycles. The molecule has 1 aromatic rings. The fourth-order valence-corrected chi connectivity index (χ4v) is 4.12. The predicted molar refractivity (Wildman–Crippen MR) is 103 cm³/mol. The minimum Gasteiger partial charge on any atom is -0.225 e. The Morgan fingerprint density at radius 1 is 0.696 bits per heavy atom. The van der Waals surface area contributed by atoms with E-state index in [1.165, 1.54) is 26.0 Å². The molecule has 0 aliphatic carbocycles. The van der Waals surface area contributed by atoms with Crippen molar-refractivity contribution in [2.75, 3.05) is 0 Å². The van der Waals surface area contributed by atoms with E-state index in [9.17, 15) is 5.11 Å². The van der Waals surface area contributed by atoms with Gasteiger partial charge in [0.15, 0.2) is 8.67 Å². The second-order valence-corrected chi connectivity index (χ2v) is 11.5. The van der Waals surface area contributed by atoms with Crippen LogP contribution in [-0.2, 0) is 15.0 Å². The van der Waals surface area contributed by atoms with E-state index >= 15 is 0 Å². The third-order valence-electron chi connectivity index (χ3n) is 3.06. The number of hydrogen-bond acceptors (Lipinski definition) is 0. The number of alkyl halides is 9. The van der Waals surface area contributed by atoms with Crippen molar-refractivity contribution in [2.45, 2.75) is 36.2 Å². The van der Waals surface area contributed by atoms with E-state index in [2.05, 4.69) is 0 Å². The van der Waals surface area contributed by atoms with Crippen LogP contribution >= 0.6 is 104 Å². The largest absolute Gasteiger partial charge is 0.226 e. The Morgan fingerprint density at radius 3 is 1.43 bits per heavy atom. The fourth-order valence-electron chi connectivity index (χ4n) is 1.83. The molecule has 23 heavy (non-hydrogen) atoms. The van der Waals surface area contributed by atoms with Gasteiger partial charge in [0.25, 0.3) is 0 Å². The summed E-state index contributed by atoms with van der Waals surface area (Å²) in [5.74, 6) is 0. The van der Waals surface area contributed by atoms with Crippen LogP contribution in [0.2, 0.25) is 0 Å². The Bertz CT molecular complexity index is 570. The van der Waals surface area contributed by atoms with Gasteiger partial charge in [0.2, 0.25) is 8.13 Å². The van der Waals surface area contributed by atoms with E-state index in [0.717, 1.165) is 0 Å². The molecule has 0 N–H and O–H groups in total. The van der Waals surface area contributed by atoms with Gasteiger partial charge in [-0.05, 0) is 25.0 Å². The van der Waals surface area contributed by atoms with E-state index < -0.39 is 22.4 Å². The third-order valence-corrected chi connectivity index (χ3v) is 8.51. The van der Waals surface area contributed by atoms with E-state index in [0.29, 0.717) is 0 Å². The first-order chi connectivity index (χ1) is 9.98. The third kappa shape index (κ3) is 4.21. The maximum absolute atomic E-state index is 12.4. The van der Waals surface area contributed by atoms with Gasteiger partial charge >= 0.3 is 0 Å². The first kappa shape index (κ1) is 22.8. The molecule has 1 rings (SSSR count). The molecule has 0 atom stereocenters. The molecule has 0 saturated heterocycles. The highest BCUT2D eigenvalue weighted by atomic mass is 35.6. The zero-order chi connectivity index (χ0) is 18.5. The molecular formula is C13H10Cl9O. The summed E-state index contributed by atoms with van der Waals surface area (Å²) in [6.45, 7) is 2.84. The molecule has 0 fully saturated rings. The van der Waals surface area contributed by atoms with Gasteiger partial charge < -0.3 is 0 Å². The first-order valence-electron chi connectivity index (χ1n) is 5.98. The van der Waals surface area contributed by atoms with Crippen LogP contribution in [0.4, 0.5) is 0 Å². The lowest BCUT2D eigenvalue weighted by molar-refractivity contribution is -0.00109. The Morgan fingerprint density at radius 2 is 1.09 bits per heavy atom. The van der Waals surface area contributed by atoms with Crippen molar-refractivity contribution in [1.82, 2.24) is 0 Å². The molecule has 10 heteroatoms. The van der Waals surface area contributed by atoms with Gasteiger partial charge in [-0.25, -0.2) is 5.11 Å². The Balaban J connectivity index is 3.60. The molecule has 0 bridgehead atoms. The number of rotatable bonds is 4. The zero-order valence-electron chi connectivity index (χ0n) is 11.6. The van der Waals surface area contributed by atoms with Crippen molar-refractivity contribution in [3.05, 3.63) is 35.4 Å². The average Bonchev–Trinajstić information content (AvgIpc) is 2.36. The summed E-state index contributed by atoms with van der Waals surface area (Å²) in [7, 11) is 0. The van der Waals surface area contributed by atoms with E-state index in [-0.39, 0.29) is 11.1 Å². The summed E-state index contributed by atoms with van der Waals surface area (Å²) in [6, 6.07) is 6.23. The maximum atomic E-state index is 12.4. The van der Waals surface area contributed by atoms with Crippen LogP contribution in [0.25, 0.3) is 0 Å². The molecule has 1 aromatic carbocycles. The lowest BCUT2D eigenvalue weighted by atomic mass is 9.90.